The molecule has 1 aliphatic rings. The summed E-state index contributed by atoms with van der Waals surface area (Å²) in [6.07, 6.45) is 0.562. The van der Waals surface area contributed by atoms with E-state index in [4.69, 9.17) is 9.47 Å². The fourth-order valence-electron chi connectivity index (χ4n) is 3.70. The SMILES string of the molecule is COc1ccccc1C(=O)N1CCCN(C(=O)CS(=O)(=O)Nc2ccc(OC(C)C)cc2)CC1. The minimum Gasteiger partial charge on any atom is -0.496 e. The quantitative estimate of drug-likeness (QED) is 0.611. The highest BCUT2D eigenvalue weighted by Gasteiger charge is 2.27. The number of rotatable bonds is 8. The molecule has 2 aromatic carbocycles. The average molecular weight is 490 g/mol. The monoisotopic (exact) mass is 489 g/mol. The molecule has 0 unspecified atom stereocenters. The van der Waals surface area contributed by atoms with Gasteiger partial charge < -0.3 is 19.3 Å². The molecular formula is C24H31N3O6S. The summed E-state index contributed by atoms with van der Waals surface area (Å²) in [7, 11) is -2.38. The Labute approximate surface area is 200 Å². The fraction of sp³-hybridized carbons (Fsp3) is 0.417. The van der Waals surface area contributed by atoms with Crippen LogP contribution >= 0.6 is 0 Å². The van der Waals surface area contributed by atoms with Crippen LogP contribution in [0, 0.1) is 0 Å². The van der Waals surface area contributed by atoms with Crippen LogP contribution in [0.5, 0.6) is 11.5 Å². The number of hydrogen-bond acceptors (Lipinski definition) is 6. The van der Waals surface area contributed by atoms with Gasteiger partial charge in [-0.05, 0) is 56.7 Å². The van der Waals surface area contributed by atoms with Crippen molar-refractivity contribution in [1.29, 1.82) is 0 Å². The van der Waals surface area contributed by atoms with E-state index >= 15 is 0 Å². The first-order chi connectivity index (χ1) is 16.2. The minimum atomic E-state index is -3.89. The van der Waals surface area contributed by atoms with Gasteiger partial charge in [0.05, 0.1) is 18.8 Å². The summed E-state index contributed by atoms with van der Waals surface area (Å²) in [6, 6.07) is 13.5. The van der Waals surface area contributed by atoms with Crippen molar-refractivity contribution in [3.63, 3.8) is 0 Å². The molecule has 0 atom stereocenters. The van der Waals surface area contributed by atoms with Gasteiger partial charge in [-0.1, -0.05) is 12.1 Å². The average Bonchev–Trinajstić information content (AvgIpc) is 3.05. The van der Waals surface area contributed by atoms with Crippen molar-refractivity contribution in [3.05, 3.63) is 54.1 Å². The molecule has 0 aromatic heterocycles. The predicted molar refractivity (Wildman–Crippen MR) is 130 cm³/mol. The lowest BCUT2D eigenvalue weighted by Gasteiger charge is -2.23. The Morgan fingerprint density at radius 3 is 2.29 bits per heavy atom. The summed E-state index contributed by atoms with van der Waals surface area (Å²) in [4.78, 5) is 28.9. The maximum absolute atomic E-state index is 13.0. The number of carbonyl (C=O) groups is 2. The van der Waals surface area contributed by atoms with Gasteiger partial charge in [0.1, 0.15) is 17.3 Å². The number of sulfonamides is 1. The molecule has 0 aliphatic carbocycles. The Morgan fingerprint density at radius 2 is 1.62 bits per heavy atom. The van der Waals surface area contributed by atoms with Crippen LogP contribution in [0.4, 0.5) is 5.69 Å². The van der Waals surface area contributed by atoms with E-state index in [-0.39, 0.29) is 18.6 Å². The van der Waals surface area contributed by atoms with E-state index in [9.17, 15) is 18.0 Å². The number of ether oxygens (including phenoxy) is 2. The lowest BCUT2D eigenvalue weighted by Crippen LogP contribution is -2.40. The van der Waals surface area contributed by atoms with E-state index < -0.39 is 21.7 Å². The summed E-state index contributed by atoms with van der Waals surface area (Å²) in [5.41, 5.74) is 0.815. The third-order valence-electron chi connectivity index (χ3n) is 5.29. The molecule has 0 radical (unpaired) electrons. The van der Waals surface area contributed by atoms with Gasteiger partial charge >= 0.3 is 0 Å². The van der Waals surface area contributed by atoms with E-state index in [1.807, 2.05) is 13.8 Å². The number of carbonyl (C=O) groups excluding carboxylic acids is 2. The van der Waals surface area contributed by atoms with Gasteiger partial charge in [-0.2, -0.15) is 0 Å². The number of hydrogen-bond donors (Lipinski definition) is 1. The zero-order valence-electron chi connectivity index (χ0n) is 19.7. The smallest absolute Gasteiger partial charge is 0.257 e. The predicted octanol–water partition coefficient (Wildman–Crippen LogP) is 2.60. The topological polar surface area (TPSA) is 105 Å². The molecule has 10 heteroatoms. The number of amides is 2. The van der Waals surface area contributed by atoms with Crippen LogP contribution in [-0.2, 0) is 14.8 Å². The second-order valence-electron chi connectivity index (χ2n) is 8.28. The molecule has 1 saturated heterocycles. The Hall–Kier alpha value is -3.27. The fourth-order valence-corrected chi connectivity index (χ4v) is 4.78. The lowest BCUT2D eigenvalue weighted by atomic mass is 10.1. The van der Waals surface area contributed by atoms with E-state index in [0.717, 1.165) is 0 Å². The Morgan fingerprint density at radius 1 is 0.971 bits per heavy atom. The standard InChI is InChI=1S/C24H31N3O6S/c1-18(2)33-20-11-9-19(10-12-20)25-34(30,31)17-23(28)26-13-6-14-27(16-15-26)24(29)21-7-4-5-8-22(21)32-3/h4-5,7-12,18,25H,6,13-17H2,1-3H3. The van der Waals surface area contributed by atoms with Crippen molar-refractivity contribution in [2.24, 2.45) is 0 Å². The first-order valence-electron chi connectivity index (χ1n) is 11.2. The number of methoxy groups -OCH3 is 1. The molecular weight excluding hydrogens is 458 g/mol. The lowest BCUT2D eigenvalue weighted by molar-refractivity contribution is -0.128. The van der Waals surface area contributed by atoms with Crippen molar-refractivity contribution in [3.8, 4) is 11.5 Å². The Balaban J connectivity index is 1.57. The second-order valence-corrected chi connectivity index (χ2v) is 10.0. The molecule has 1 heterocycles. The molecule has 1 aliphatic heterocycles. The minimum absolute atomic E-state index is 0.00901. The van der Waals surface area contributed by atoms with Crippen molar-refractivity contribution < 1.29 is 27.5 Å². The van der Waals surface area contributed by atoms with Gasteiger partial charge in [-0.3, -0.25) is 14.3 Å². The van der Waals surface area contributed by atoms with Crippen molar-refractivity contribution in [2.75, 3.05) is 43.8 Å². The number of nitrogens with one attached hydrogen (secondary N) is 1. The van der Waals surface area contributed by atoms with Gasteiger partial charge in [0.25, 0.3) is 5.91 Å². The first-order valence-corrected chi connectivity index (χ1v) is 12.8. The van der Waals surface area contributed by atoms with Crippen molar-refractivity contribution in [2.45, 2.75) is 26.4 Å². The number of benzene rings is 2. The maximum atomic E-state index is 13.0. The van der Waals surface area contributed by atoms with Crippen molar-refractivity contribution >= 4 is 27.5 Å². The third kappa shape index (κ3) is 6.86. The van der Waals surface area contributed by atoms with E-state index in [1.165, 1.54) is 12.0 Å². The molecule has 0 saturated carbocycles. The van der Waals surface area contributed by atoms with Crippen LogP contribution in [0.2, 0.25) is 0 Å². The molecule has 0 spiro atoms. The molecule has 1 N–H and O–H groups in total. The molecule has 1 fully saturated rings. The van der Waals surface area contributed by atoms with Gasteiger partial charge in [-0.15, -0.1) is 0 Å². The first kappa shape index (κ1) is 25.4. The molecule has 2 aromatic rings. The maximum Gasteiger partial charge on any atom is 0.257 e. The largest absolute Gasteiger partial charge is 0.496 e. The van der Waals surface area contributed by atoms with Crippen LogP contribution in [0.15, 0.2) is 48.5 Å². The van der Waals surface area contributed by atoms with Crippen LogP contribution in [0.25, 0.3) is 0 Å². The third-order valence-corrected chi connectivity index (χ3v) is 6.46. The highest BCUT2D eigenvalue weighted by Crippen LogP contribution is 2.21. The van der Waals surface area contributed by atoms with Gasteiger partial charge in [0.15, 0.2) is 0 Å². The van der Waals surface area contributed by atoms with Crippen LogP contribution in [0.3, 0.4) is 0 Å². The van der Waals surface area contributed by atoms with E-state index in [1.54, 1.807) is 53.4 Å². The normalized spacial score (nSPS) is 14.5. The van der Waals surface area contributed by atoms with Crippen molar-refractivity contribution in [1.82, 2.24) is 9.80 Å². The molecule has 3 rings (SSSR count). The number of anilines is 1. The molecule has 184 valence electrons. The summed E-state index contributed by atoms with van der Waals surface area (Å²) in [5.74, 6) is -0.223. The summed E-state index contributed by atoms with van der Waals surface area (Å²) in [5, 5.41) is 0. The van der Waals surface area contributed by atoms with Crippen LogP contribution < -0.4 is 14.2 Å². The molecule has 2 amide bonds. The van der Waals surface area contributed by atoms with Crippen LogP contribution in [0.1, 0.15) is 30.6 Å². The second kappa shape index (κ2) is 11.2. The Bertz CT molecular complexity index is 1100. The zero-order valence-corrected chi connectivity index (χ0v) is 20.5. The van der Waals surface area contributed by atoms with Crippen LogP contribution in [-0.4, -0.2) is 75.2 Å². The van der Waals surface area contributed by atoms with Gasteiger partial charge in [-0.25, -0.2) is 8.42 Å². The zero-order chi connectivity index (χ0) is 24.7. The highest BCUT2D eigenvalue weighted by atomic mass is 32.2. The van der Waals surface area contributed by atoms with Gasteiger partial charge in [0, 0.05) is 31.9 Å². The van der Waals surface area contributed by atoms with Gasteiger partial charge in [0.2, 0.25) is 15.9 Å². The summed E-state index contributed by atoms with van der Waals surface area (Å²) < 4.78 is 38.4. The number of para-hydroxylation sites is 1. The molecule has 0 bridgehead atoms. The van der Waals surface area contributed by atoms with E-state index in [2.05, 4.69) is 4.72 Å². The van der Waals surface area contributed by atoms with E-state index in [0.29, 0.717) is 48.8 Å². The summed E-state index contributed by atoms with van der Waals surface area (Å²) >= 11 is 0. The molecule has 34 heavy (non-hydrogen) atoms. The Kier molecular flexibility index (Phi) is 8.38. The molecule has 9 nitrogen and oxygen atoms in total. The highest BCUT2D eigenvalue weighted by molar-refractivity contribution is 7.93. The summed E-state index contributed by atoms with van der Waals surface area (Å²) in [6.45, 7) is 5.23. The number of nitrogens with zero attached hydrogens (tertiary/aromatic N) is 2.